The molecule has 0 bridgehead atoms. The van der Waals surface area contributed by atoms with Gasteiger partial charge in [-0.05, 0) is 61.2 Å². The lowest BCUT2D eigenvalue weighted by atomic mass is 10.1. The van der Waals surface area contributed by atoms with E-state index in [0.29, 0.717) is 19.5 Å². The van der Waals surface area contributed by atoms with Crippen molar-refractivity contribution in [1.82, 2.24) is 9.62 Å². The van der Waals surface area contributed by atoms with Gasteiger partial charge in [-0.25, -0.2) is 26.8 Å². The molecule has 3 N–H and O–H groups in total. The van der Waals surface area contributed by atoms with E-state index in [-0.39, 0.29) is 21.9 Å². The van der Waals surface area contributed by atoms with E-state index in [1.807, 2.05) is 0 Å². The molecule has 0 atom stereocenters. The van der Waals surface area contributed by atoms with Crippen LogP contribution in [0.5, 0.6) is 0 Å². The van der Waals surface area contributed by atoms with Gasteiger partial charge in [-0.1, -0.05) is 12.1 Å². The lowest BCUT2D eigenvalue weighted by molar-refractivity contribution is -0.124. The number of ether oxygens (including phenoxy) is 1. The monoisotopic (exact) mass is 495 g/mol. The summed E-state index contributed by atoms with van der Waals surface area (Å²) in [6.45, 7) is 0.746. The smallest absolute Gasteiger partial charge is 0.338 e. The van der Waals surface area contributed by atoms with Gasteiger partial charge in [-0.15, -0.1) is 0 Å². The molecular weight excluding hydrogens is 470 g/mol. The van der Waals surface area contributed by atoms with Crippen molar-refractivity contribution in [2.45, 2.75) is 29.1 Å². The van der Waals surface area contributed by atoms with Crippen molar-refractivity contribution in [2.24, 2.45) is 5.14 Å². The molecule has 2 aromatic rings. The molecule has 3 rings (SSSR count). The number of esters is 1. The minimum Gasteiger partial charge on any atom is -0.452 e. The molecule has 0 aliphatic carbocycles. The zero-order valence-electron chi connectivity index (χ0n) is 17.8. The summed E-state index contributed by atoms with van der Waals surface area (Å²) in [5.41, 5.74) is 0.932. The van der Waals surface area contributed by atoms with E-state index < -0.39 is 38.5 Å². The fraction of sp³-hybridized carbons (Fsp3) is 0.333. The maximum absolute atomic E-state index is 12.5. The summed E-state index contributed by atoms with van der Waals surface area (Å²) in [5.74, 6) is -1.24. The summed E-state index contributed by atoms with van der Waals surface area (Å²) in [6.07, 6.45) is 2.10. The van der Waals surface area contributed by atoms with Crippen LogP contribution >= 0.6 is 0 Å². The molecule has 1 heterocycles. The quantitative estimate of drug-likeness (QED) is 0.484. The first-order valence-electron chi connectivity index (χ1n) is 10.2. The molecule has 10 nitrogen and oxygen atoms in total. The Morgan fingerprint density at radius 3 is 2.06 bits per heavy atom. The van der Waals surface area contributed by atoms with Gasteiger partial charge < -0.3 is 10.1 Å². The standard InChI is InChI=1S/C21H25N3O7S2/c22-32(27,28)18-7-3-16(4-8-18)11-12-23-20(25)15-31-21(26)17-5-9-19(10-6-17)33(29,30)24-13-1-2-14-24/h3-10H,1-2,11-15H2,(H,23,25)(H2,22,27,28). The zero-order chi connectivity index (χ0) is 24.1. The SMILES string of the molecule is NS(=O)(=O)c1ccc(CCNC(=O)COC(=O)c2ccc(S(=O)(=O)N3CCCC3)cc2)cc1. The van der Waals surface area contributed by atoms with Crippen LogP contribution in [0.25, 0.3) is 0 Å². The lowest BCUT2D eigenvalue weighted by Gasteiger charge is -2.15. The van der Waals surface area contributed by atoms with E-state index in [9.17, 15) is 26.4 Å². The van der Waals surface area contributed by atoms with Gasteiger partial charge in [0.2, 0.25) is 20.0 Å². The first-order valence-corrected chi connectivity index (χ1v) is 13.2. The Bertz CT molecular complexity index is 1200. The number of hydrogen-bond donors (Lipinski definition) is 2. The van der Waals surface area contributed by atoms with Gasteiger partial charge >= 0.3 is 5.97 Å². The van der Waals surface area contributed by atoms with E-state index in [2.05, 4.69) is 5.32 Å². The Kier molecular flexibility index (Phi) is 7.84. The van der Waals surface area contributed by atoms with Gasteiger partial charge in [0.05, 0.1) is 15.4 Å². The third-order valence-electron chi connectivity index (χ3n) is 5.11. The average Bonchev–Trinajstić information content (AvgIpc) is 3.33. The maximum Gasteiger partial charge on any atom is 0.338 e. The van der Waals surface area contributed by atoms with Crippen LogP contribution in [0.2, 0.25) is 0 Å². The van der Waals surface area contributed by atoms with Gasteiger partial charge in [0, 0.05) is 19.6 Å². The molecule has 1 aliphatic heterocycles. The van der Waals surface area contributed by atoms with E-state index in [1.54, 1.807) is 12.1 Å². The van der Waals surface area contributed by atoms with Crippen molar-refractivity contribution in [2.75, 3.05) is 26.2 Å². The number of rotatable bonds is 9. The molecule has 1 saturated heterocycles. The summed E-state index contributed by atoms with van der Waals surface area (Å²) >= 11 is 0. The van der Waals surface area contributed by atoms with Crippen LogP contribution in [0.4, 0.5) is 0 Å². The topological polar surface area (TPSA) is 153 Å². The summed E-state index contributed by atoms with van der Waals surface area (Å²) in [6, 6.07) is 11.4. The number of nitrogens with two attached hydrogens (primary N) is 1. The molecule has 0 aromatic heterocycles. The maximum atomic E-state index is 12.5. The van der Waals surface area contributed by atoms with Crippen LogP contribution < -0.4 is 10.5 Å². The number of nitrogens with one attached hydrogen (secondary N) is 1. The van der Waals surface area contributed by atoms with Crippen molar-refractivity contribution in [1.29, 1.82) is 0 Å². The van der Waals surface area contributed by atoms with Gasteiger partial charge in [-0.3, -0.25) is 4.79 Å². The van der Waals surface area contributed by atoms with Crippen LogP contribution in [0.3, 0.4) is 0 Å². The fourth-order valence-corrected chi connectivity index (χ4v) is 5.33. The molecular formula is C21H25N3O7S2. The number of sulfonamides is 2. The molecule has 0 saturated carbocycles. The largest absolute Gasteiger partial charge is 0.452 e. The van der Waals surface area contributed by atoms with E-state index in [4.69, 9.17) is 9.88 Å². The Balaban J connectivity index is 1.44. The Labute approximate surface area is 192 Å². The second-order valence-corrected chi connectivity index (χ2v) is 11.0. The first-order chi connectivity index (χ1) is 15.6. The average molecular weight is 496 g/mol. The molecule has 0 unspecified atom stereocenters. The highest BCUT2D eigenvalue weighted by Gasteiger charge is 2.27. The number of carbonyl (C=O) groups excluding carboxylic acids is 2. The van der Waals surface area contributed by atoms with Crippen molar-refractivity contribution >= 4 is 31.9 Å². The summed E-state index contributed by atoms with van der Waals surface area (Å²) in [5, 5.41) is 7.64. The number of carbonyl (C=O) groups is 2. The molecule has 33 heavy (non-hydrogen) atoms. The number of benzene rings is 2. The normalized spacial score (nSPS) is 14.7. The zero-order valence-corrected chi connectivity index (χ0v) is 19.4. The Morgan fingerprint density at radius 2 is 1.48 bits per heavy atom. The second-order valence-electron chi connectivity index (χ2n) is 7.50. The number of amides is 1. The van der Waals surface area contributed by atoms with Crippen LogP contribution in [-0.4, -0.2) is 59.3 Å². The van der Waals surface area contributed by atoms with Gasteiger partial charge in [0.1, 0.15) is 0 Å². The molecule has 12 heteroatoms. The lowest BCUT2D eigenvalue weighted by Crippen LogP contribution is -2.30. The van der Waals surface area contributed by atoms with Crippen molar-refractivity contribution < 1.29 is 31.2 Å². The second kappa shape index (κ2) is 10.4. The number of hydrogen-bond acceptors (Lipinski definition) is 7. The van der Waals surface area contributed by atoms with E-state index in [0.717, 1.165) is 18.4 Å². The van der Waals surface area contributed by atoms with Crippen molar-refractivity contribution in [3.63, 3.8) is 0 Å². The van der Waals surface area contributed by atoms with E-state index in [1.165, 1.54) is 40.7 Å². The minimum atomic E-state index is -3.76. The van der Waals surface area contributed by atoms with Gasteiger partial charge in [0.15, 0.2) is 6.61 Å². The highest BCUT2D eigenvalue weighted by molar-refractivity contribution is 7.89. The van der Waals surface area contributed by atoms with Crippen LogP contribution in [-0.2, 0) is 36.0 Å². The third-order valence-corrected chi connectivity index (χ3v) is 7.96. The molecule has 178 valence electrons. The summed E-state index contributed by atoms with van der Waals surface area (Å²) in [4.78, 5) is 24.2. The molecule has 2 aromatic carbocycles. The predicted octanol–water partition coefficient (Wildman–Crippen LogP) is 0.634. The Hall–Kier alpha value is -2.80. The highest BCUT2D eigenvalue weighted by Crippen LogP contribution is 2.21. The predicted molar refractivity (Wildman–Crippen MR) is 119 cm³/mol. The Morgan fingerprint density at radius 1 is 0.909 bits per heavy atom. The highest BCUT2D eigenvalue weighted by atomic mass is 32.2. The molecule has 1 amide bonds. The number of primary sulfonamides is 1. The van der Waals surface area contributed by atoms with Crippen LogP contribution in [0, 0.1) is 0 Å². The molecule has 0 spiro atoms. The van der Waals surface area contributed by atoms with Crippen molar-refractivity contribution in [3.05, 3.63) is 59.7 Å². The van der Waals surface area contributed by atoms with Crippen LogP contribution in [0.15, 0.2) is 58.3 Å². The fourth-order valence-electron chi connectivity index (χ4n) is 3.30. The van der Waals surface area contributed by atoms with Crippen molar-refractivity contribution in [3.8, 4) is 0 Å². The molecule has 1 aliphatic rings. The number of nitrogens with zero attached hydrogens (tertiary/aromatic N) is 1. The minimum absolute atomic E-state index is 0.00359. The summed E-state index contributed by atoms with van der Waals surface area (Å²) in [7, 11) is -7.32. The van der Waals surface area contributed by atoms with Gasteiger partial charge in [0.25, 0.3) is 5.91 Å². The first kappa shape index (κ1) is 24.8. The summed E-state index contributed by atoms with van der Waals surface area (Å²) < 4.78 is 53.9. The molecule has 0 radical (unpaired) electrons. The molecule has 1 fully saturated rings. The van der Waals surface area contributed by atoms with Gasteiger partial charge in [-0.2, -0.15) is 4.31 Å². The van der Waals surface area contributed by atoms with E-state index >= 15 is 0 Å². The van der Waals surface area contributed by atoms with Crippen LogP contribution in [0.1, 0.15) is 28.8 Å². The third kappa shape index (κ3) is 6.60.